The number of carbonyl (C=O) groups excluding carboxylic acids is 1. The molecule has 0 radical (unpaired) electrons. The van der Waals surface area contributed by atoms with Gasteiger partial charge in [0.1, 0.15) is 0 Å². The smallest absolute Gasteiger partial charge is 0.257 e. The maximum Gasteiger partial charge on any atom is 0.257 e. The van der Waals surface area contributed by atoms with E-state index in [0.29, 0.717) is 27.0 Å². The summed E-state index contributed by atoms with van der Waals surface area (Å²) in [5.74, 6) is -0.335. The predicted octanol–water partition coefficient (Wildman–Crippen LogP) is 2.83. The van der Waals surface area contributed by atoms with Crippen LogP contribution in [0, 0.1) is 0 Å². The van der Waals surface area contributed by atoms with Crippen LogP contribution in [0.5, 0.6) is 0 Å². The third-order valence-corrected chi connectivity index (χ3v) is 3.24. The molecule has 5 nitrogen and oxygen atoms in total. The summed E-state index contributed by atoms with van der Waals surface area (Å²) in [6.07, 6.45) is 4.43. The van der Waals surface area contributed by atoms with Crippen molar-refractivity contribution in [1.82, 2.24) is 9.97 Å². The van der Waals surface area contributed by atoms with Crippen molar-refractivity contribution in [1.29, 1.82) is 0 Å². The van der Waals surface area contributed by atoms with Crippen molar-refractivity contribution < 1.29 is 4.79 Å². The van der Waals surface area contributed by atoms with E-state index in [0.717, 1.165) is 0 Å². The molecule has 1 amide bonds. The molecule has 6 heteroatoms. The molecule has 0 fully saturated rings. The second-order valence-corrected chi connectivity index (χ2v) is 4.86. The molecule has 2 N–H and O–H groups in total. The van der Waals surface area contributed by atoms with Gasteiger partial charge in [0.05, 0.1) is 10.6 Å². The molecule has 0 spiro atoms. The molecule has 0 atom stereocenters. The lowest BCUT2D eigenvalue weighted by Gasteiger charge is -2.08. The lowest BCUT2D eigenvalue weighted by molar-refractivity contribution is 0.102. The second-order valence-electron chi connectivity index (χ2n) is 4.42. The summed E-state index contributed by atoms with van der Waals surface area (Å²) < 4.78 is 0. The van der Waals surface area contributed by atoms with Crippen molar-refractivity contribution in [2.45, 2.75) is 0 Å². The Bertz CT molecular complexity index is 889. The molecular formula is C15H10ClN3O2. The number of rotatable bonds is 2. The average molecular weight is 300 g/mol. The average Bonchev–Trinajstić information content (AvgIpc) is 2.48. The summed E-state index contributed by atoms with van der Waals surface area (Å²) in [6.45, 7) is 0. The third-order valence-electron chi connectivity index (χ3n) is 3.03. The molecule has 1 aromatic carbocycles. The van der Waals surface area contributed by atoms with Gasteiger partial charge in [0.2, 0.25) is 0 Å². The highest BCUT2D eigenvalue weighted by Crippen LogP contribution is 2.21. The van der Waals surface area contributed by atoms with Crippen molar-refractivity contribution in [3.63, 3.8) is 0 Å². The number of hydrogen-bond acceptors (Lipinski definition) is 3. The molecular weight excluding hydrogens is 290 g/mol. The van der Waals surface area contributed by atoms with Crippen LogP contribution in [0.15, 0.2) is 53.7 Å². The summed E-state index contributed by atoms with van der Waals surface area (Å²) in [5, 5.41) is 4.34. The van der Waals surface area contributed by atoms with Gasteiger partial charge in [-0.1, -0.05) is 17.7 Å². The maximum atomic E-state index is 12.2. The number of carbonyl (C=O) groups is 1. The fourth-order valence-electron chi connectivity index (χ4n) is 2.06. The van der Waals surface area contributed by atoms with Gasteiger partial charge in [-0.15, -0.1) is 0 Å². The lowest BCUT2D eigenvalue weighted by atomic mass is 10.1. The maximum absolute atomic E-state index is 12.2. The van der Waals surface area contributed by atoms with Crippen LogP contribution in [0.25, 0.3) is 10.8 Å². The molecule has 3 rings (SSSR count). The van der Waals surface area contributed by atoms with Gasteiger partial charge in [0, 0.05) is 35.1 Å². The van der Waals surface area contributed by atoms with Gasteiger partial charge in [0.15, 0.2) is 0 Å². The molecule has 3 aromatic rings. The van der Waals surface area contributed by atoms with Crippen LogP contribution in [0.1, 0.15) is 10.4 Å². The SMILES string of the molecule is O=C(Nc1cccc2c(=O)[nH]ccc12)c1cncc(Cl)c1. The van der Waals surface area contributed by atoms with Crippen LogP contribution in [0.2, 0.25) is 5.02 Å². The first-order chi connectivity index (χ1) is 10.1. The molecule has 0 saturated heterocycles. The first-order valence-electron chi connectivity index (χ1n) is 6.17. The normalized spacial score (nSPS) is 10.5. The number of benzene rings is 1. The summed E-state index contributed by atoms with van der Waals surface area (Å²) in [6, 6.07) is 8.41. The summed E-state index contributed by atoms with van der Waals surface area (Å²) in [5.41, 5.74) is 0.709. The Labute approximate surface area is 124 Å². The first kappa shape index (κ1) is 13.3. The van der Waals surface area contributed by atoms with Crippen molar-refractivity contribution in [2.24, 2.45) is 0 Å². The van der Waals surface area contributed by atoms with Crippen LogP contribution >= 0.6 is 11.6 Å². The monoisotopic (exact) mass is 299 g/mol. The standard InChI is InChI=1S/C15H10ClN3O2/c16-10-6-9(7-17-8-10)14(20)19-13-3-1-2-12-11(13)4-5-18-15(12)21/h1-8H,(H,18,21)(H,19,20). The van der Waals surface area contributed by atoms with E-state index < -0.39 is 0 Å². The van der Waals surface area contributed by atoms with Crippen LogP contribution in [-0.2, 0) is 0 Å². The minimum atomic E-state index is -0.335. The zero-order chi connectivity index (χ0) is 14.8. The number of aromatic nitrogens is 2. The van der Waals surface area contributed by atoms with Crippen molar-refractivity contribution in [2.75, 3.05) is 5.32 Å². The zero-order valence-electron chi connectivity index (χ0n) is 10.8. The Morgan fingerprint density at radius 2 is 2.05 bits per heavy atom. The number of nitrogens with one attached hydrogen (secondary N) is 2. The molecule has 0 saturated carbocycles. The van der Waals surface area contributed by atoms with Gasteiger partial charge >= 0.3 is 0 Å². The van der Waals surface area contributed by atoms with Gasteiger partial charge < -0.3 is 10.3 Å². The fourth-order valence-corrected chi connectivity index (χ4v) is 2.23. The summed E-state index contributed by atoms with van der Waals surface area (Å²) >= 11 is 5.82. The zero-order valence-corrected chi connectivity index (χ0v) is 11.5. The van der Waals surface area contributed by atoms with Gasteiger partial charge in [-0.3, -0.25) is 14.6 Å². The molecule has 21 heavy (non-hydrogen) atoms. The number of pyridine rings is 2. The van der Waals surface area contributed by atoms with E-state index in [-0.39, 0.29) is 11.5 Å². The number of hydrogen-bond donors (Lipinski definition) is 2. The van der Waals surface area contributed by atoms with E-state index in [9.17, 15) is 9.59 Å². The number of anilines is 1. The van der Waals surface area contributed by atoms with Gasteiger partial charge in [-0.05, 0) is 24.3 Å². The van der Waals surface area contributed by atoms with Crippen LogP contribution < -0.4 is 10.9 Å². The third kappa shape index (κ3) is 2.64. The Hall–Kier alpha value is -2.66. The Kier molecular flexibility index (Phi) is 3.41. The number of amides is 1. The molecule has 0 aliphatic heterocycles. The molecule has 2 aromatic heterocycles. The largest absolute Gasteiger partial charge is 0.329 e. The van der Waals surface area contributed by atoms with E-state index >= 15 is 0 Å². The highest BCUT2D eigenvalue weighted by atomic mass is 35.5. The number of H-pyrrole nitrogens is 1. The number of halogens is 1. The van der Waals surface area contributed by atoms with Crippen molar-refractivity contribution in [3.05, 3.63) is 69.9 Å². The minimum Gasteiger partial charge on any atom is -0.329 e. The topological polar surface area (TPSA) is 74.8 Å². The highest BCUT2D eigenvalue weighted by Gasteiger charge is 2.10. The Morgan fingerprint density at radius 3 is 2.86 bits per heavy atom. The quantitative estimate of drug-likeness (QED) is 0.764. The van der Waals surface area contributed by atoms with Gasteiger partial charge in [-0.2, -0.15) is 0 Å². The molecule has 0 unspecified atom stereocenters. The molecule has 0 aliphatic carbocycles. The minimum absolute atomic E-state index is 0.201. The van der Waals surface area contributed by atoms with Crippen LogP contribution in [0.3, 0.4) is 0 Å². The number of nitrogens with zero attached hydrogens (tertiary/aromatic N) is 1. The predicted molar refractivity (Wildman–Crippen MR) is 81.8 cm³/mol. The summed E-state index contributed by atoms with van der Waals surface area (Å²) in [7, 11) is 0. The second kappa shape index (κ2) is 5.38. The molecule has 0 aliphatic rings. The Balaban J connectivity index is 2.01. The van der Waals surface area contributed by atoms with Crippen molar-refractivity contribution >= 4 is 34.0 Å². The van der Waals surface area contributed by atoms with E-state index in [1.54, 1.807) is 30.5 Å². The van der Waals surface area contributed by atoms with Crippen LogP contribution in [0.4, 0.5) is 5.69 Å². The highest BCUT2D eigenvalue weighted by molar-refractivity contribution is 6.30. The Morgan fingerprint density at radius 1 is 1.19 bits per heavy atom. The van der Waals surface area contributed by atoms with E-state index in [4.69, 9.17) is 11.6 Å². The summed E-state index contributed by atoms with van der Waals surface area (Å²) in [4.78, 5) is 30.4. The molecule has 0 bridgehead atoms. The van der Waals surface area contributed by atoms with E-state index in [1.807, 2.05) is 0 Å². The van der Waals surface area contributed by atoms with Gasteiger partial charge in [0.25, 0.3) is 11.5 Å². The number of fused-ring (bicyclic) bond motifs is 1. The van der Waals surface area contributed by atoms with E-state index in [1.165, 1.54) is 18.5 Å². The fraction of sp³-hybridized carbons (Fsp3) is 0. The van der Waals surface area contributed by atoms with Gasteiger partial charge in [-0.25, -0.2) is 0 Å². The van der Waals surface area contributed by atoms with Crippen molar-refractivity contribution in [3.8, 4) is 0 Å². The van der Waals surface area contributed by atoms with Crippen LogP contribution in [-0.4, -0.2) is 15.9 Å². The number of aromatic amines is 1. The lowest BCUT2D eigenvalue weighted by Crippen LogP contribution is -2.13. The molecule has 104 valence electrons. The molecule has 2 heterocycles. The first-order valence-corrected chi connectivity index (χ1v) is 6.55. The van der Waals surface area contributed by atoms with E-state index in [2.05, 4.69) is 15.3 Å².